The second-order valence-corrected chi connectivity index (χ2v) is 5.11. The number of benzene rings is 1. The van der Waals surface area contributed by atoms with Crippen LogP contribution in [0.3, 0.4) is 0 Å². The molecule has 1 fully saturated rings. The van der Waals surface area contributed by atoms with Gasteiger partial charge in [-0.15, -0.1) is 0 Å². The fourth-order valence-corrected chi connectivity index (χ4v) is 2.48. The van der Waals surface area contributed by atoms with Crippen LogP contribution in [0.1, 0.15) is 22.3 Å². The second-order valence-electron chi connectivity index (χ2n) is 5.11. The number of amides is 1. The molecule has 0 radical (unpaired) electrons. The van der Waals surface area contributed by atoms with Crippen LogP contribution in [-0.2, 0) is 25.6 Å². The van der Waals surface area contributed by atoms with Crippen molar-refractivity contribution >= 4 is 11.9 Å². The number of carbonyl (C=O) groups is 2. The van der Waals surface area contributed by atoms with Crippen molar-refractivity contribution in [3.63, 3.8) is 0 Å². The molecule has 0 bridgehead atoms. The number of carbonyl (C=O) groups excluding carboxylic acids is 2. The first-order valence-electron chi connectivity index (χ1n) is 7.20. The Balaban J connectivity index is 2.07. The minimum atomic E-state index is -0.334. The van der Waals surface area contributed by atoms with Crippen LogP contribution in [-0.4, -0.2) is 56.8 Å². The fourth-order valence-electron chi connectivity index (χ4n) is 2.48. The molecule has 1 amide bonds. The van der Waals surface area contributed by atoms with Crippen LogP contribution in [0.4, 0.5) is 0 Å². The first-order chi connectivity index (χ1) is 10.7. The third-order valence-corrected chi connectivity index (χ3v) is 3.60. The second kappa shape index (κ2) is 7.91. The molecule has 1 aliphatic rings. The van der Waals surface area contributed by atoms with Gasteiger partial charge in [0, 0.05) is 25.8 Å². The normalized spacial score (nSPS) is 18.1. The molecule has 0 aromatic heterocycles. The highest BCUT2D eigenvalue weighted by atomic mass is 16.5. The average molecular weight is 307 g/mol. The summed E-state index contributed by atoms with van der Waals surface area (Å²) in [5.41, 5.74) is 1.48. The first-order valence-corrected chi connectivity index (χ1v) is 7.20. The third kappa shape index (κ3) is 4.05. The van der Waals surface area contributed by atoms with Gasteiger partial charge in [-0.25, -0.2) is 0 Å². The highest BCUT2D eigenvalue weighted by molar-refractivity contribution is 5.95. The molecule has 1 heterocycles. The predicted molar refractivity (Wildman–Crippen MR) is 79.4 cm³/mol. The molecule has 1 aromatic carbocycles. The zero-order valence-electron chi connectivity index (χ0n) is 12.9. The number of rotatable bonds is 5. The number of esters is 1. The Bertz CT molecular complexity index is 531. The van der Waals surface area contributed by atoms with E-state index in [-0.39, 0.29) is 24.4 Å². The lowest BCUT2D eigenvalue weighted by Gasteiger charge is -2.33. The first kappa shape index (κ1) is 16.5. The minimum Gasteiger partial charge on any atom is -0.469 e. The molecular formula is C16H21NO5. The Kier molecular flexibility index (Phi) is 5.91. The molecule has 1 aliphatic heterocycles. The van der Waals surface area contributed by atoms with Gasteiger partial charge in [-0.3, -0.25) is 9.59 Å². The number of methoxy groups -OCH3 is 2. The van der Waals surface area contributed by atoms with Gasteiger partial charge >= 0.3 is 5.97 Å². The SMILES string of the molecule is COCc1ccccc1C(=O)N1CCO[C@H](CC(=O)OC)C1. The van der Waals surface area contributed by atoms with E-state index in [4.69, 9.17) is 9.47 Å². The van der Waals surface area contributed by atoms with E-state index in [0.29, 0.717) is 31.9 Å². The molecule has 6 nitrogen and oxygen atoms in total. The molecule has 22 heavy (non-hydrogen) atoms. The van der Waals surface area contributed by atoms with E-state index in [1.165, 1.54) is 7.11 Å². The molecule has 0 N–H and O–H groups in total. The van der Waals surface area contributed by atoms with Crippen LogP contribution < -0.4 is 0 Å². The zero-order chi connectivity index (χ0) is 15.9. The molecule has 1 aromatic rings. The maximum atomic E-state index is 12.7. The Hall–Kier alpha value is -1.92. The van der Waals surface area contributed by atoms with E-state index in [1.807, 2.05) is 18.2 Å². The Morgan fingerprint density at radius 3 is 2.82 bits per heavy atom. The molecule has 1 saturated heterocycles. The summed E-state index contributed by atoms with van der Waals surface area (Å²) >= 11 is 0. The monoisotopic (exact) mass is 307 g/mol. The van der Waals surface area contributed by atoms with Gasteiger partial charge in [0.05, 0.1) is 32.8 Å². The average Bonchev–Trinajstić information content (AvgIpc) is 2.55. The van der Waals surface area contributed by atoms with Gasteiger partial charge in [-0.05, 0) is 11.6 Å². The summed E-state index contributed by atoms with van der Waals surface area (Å²) in [4.78, 5) is 25.8. The smallest absolute Gasteiger partial charge is 0.308 e. The van der Waals surface area contributed by atoms with E-state index >= 15 is 0 Å². The Morgan fingerprint density at radius 2 is 2.09 bits per heavy atom. The van der Waals surface area contributed by atoms with Crippen LogP contribution >= 0.6 is 0 Å². The summed E-state index contributed by atoms with van der Waals surface area (Å²) < 4.78 is 15.3. The Labute approximate surface area is 129 Å². The van der Waals surface area contributed by atoms with Crippen LogP contribution in [0.2, 0.25) is 0 Å². The highest BCUT2D eigenvalue weighted by Gasteiger charge is 2.27. The van der Waals surface area contributed by atoms with Crippen molar-refractivity contribution < 1.29 is 23.8 Å². The summed E-state index contributed by atoms with van der Waals surface area (Å²) in [6.45, 7) is 1.70. The molecule has 0 unspecified atom stereocenters. The molecule has 0 saturated carbocycles. The summed E-state index contributed by atoms with van der Waals surface area (Å²) in [5, 5.41) is 0. The fraction of sp³-hybridized carbons (Fsp3) is 0.500. The molecule has 120 valence electrons. The van der Waals surface area contributed by atoms with Gasteiger partial charge in [0.25, 0.3) is 5.91 Å². The number of nitrogens with zero attached hydrogens (tertiary/aromatic N) is 1. The van der Waals surface area contributed by atoms with Crippen molar-refractivity contribution in [3.05, 3.63) is 35.4 Å². The predicted octanol–water partition coefficient (Wildman–Crippen LogP) is 1.24. The van der Waals surface area contributed by atoms with E-state index in [2.05, 4.69) is 4.74 Å². The molecule has 0 spiro atoms. The van der Waals surface area contributed by atoms with Crippen molar-refractivity contribution in [1.29, 1.82) is 0 Å². The molecule has 6 heteroatoms. The van der Waals surface area contributed by atoms with Gasteiger partial charge in [0.2, 0.25) is 0 Å². The van der Waals surface area contributed by atoms with E-state index in [0.717, 1.165) is 5.56 Å². The van der Waals surface area contributed by atoms with Gasteiger partial charge < -0.3 is 19.1 Å². The maximum absolute atomic E-state index is 12.7. The number of ether oxygens (including phenoxy) is 3. The van der Waals surface area contributed by atoms with Crippen LogP contribution in [0.15, 0.2) is 24.3 Å². The lowest BCUT2D eigenvalue weighted by atomic mass is 10.1. The molecule has 0 aliphatic carbocycles. The van der Waals surface area contributed by atoms with Gasteiger partial charge in [0.15, 0.2) is 0 Å². The third-order valence-electron chi connectivity index (χ3n) is 3.60. The molecule has 2 rings (SSSR count). The van der Waals surface area contributed by atoms with Crippen LogP contribution in [0.25, 0.3) is 0 Å². The minimum absolute atomic E-state index is 0.0641. The van der Waals surface area contributed by atoms with Crippen molar-refractivity contribution in [3.8, 4) is 0 Å². The topological polar surface area (TPSA) is 65.1 Å². The van der Waals surface area contributed by atoms with Crippen molar-refractivity contribution in [2.45, 2.75) is 19.1 Å². The highest BCUT2D eigenvalue weighted by Crippen LogP contribution is 2.16. The summed E-state index contributed by atoms with van der Waals surface area (Å²) in [6.07, 6.45) is -0.167. The van der Waals surface area contributed by atoms with E-state index < -0.39 is 0 Å². The summed E-state index contributed by atoms with van der Waals surface area (Å²) in [7, 11) is 2.94. The number of hydrogen-bond donors (Lipinski definition) is 0. The quantitative estimate of drug-likeness (QED) is 0.766. The summed E-state index contributed by atoms with van der Waals surface area (Å²) in [6, 6.07) is 7.38. The van der Waals surface area contributed by atoms with E-state index in [1.54, 1.807) is 18.1 Å². The van der Waals surface area contributed by atoms with Gasteiger partial charge in [0.1, 0.15) is 0 Å². The molecular weight excluding hydrogens is 286 g/mol. The largest absolute Gasteiger partial charge is 0.469 e. The van der Waals surface area contributed by atoms with Gasteiger partial charge in [-0.1, -0.05) is 18.2 Å². The van der Waals surface area contributed by atoms with Crippen molar-refractivity contribution in [2.75, 3.05) is 33.9 Å². The number of morpholine rings is 1. The zero-order valence-corrected chi connectivity index (χ0v) is 12.9. The Morgan fingerprint density at radius 1 is 1.32 bits per heavy atom. The van der Waals surface area contributed by atoms with Crippen LogP contribution in [0, 0.1) is 0 Å². The summed E-state index contributed by atoms with van der Waals surface area (Å²) in [5.74, 6) is -0.398. The van der Waals surface area contributed by atoms with Crippen molar-refractivity contribution in [1.82, 2.24) is 4.90 Å². The standard InChI is InChI=1S/C16H21NO5/c1-20-11-12-5-3-4-6-14(12)16(19)17-7-8-22-13(10-17)9-15(18)21-2/h3-6,13H,7-11H2,1-2H3/t13-/m1/s1. The lowest BCUT2D eigenvalue weighted by Crippen LogP contribution is -2.46. The van der Waals surface area contributed by atoms with E-state index in [9.17, 15) is 9.59 Å². The number of hydrogen-bond acceptors (Lipinski definition) is 5. The lowest BCUT2D eigenvalue weighted by molar-refractivity contribution is -0.145. The van der Waals surface area contributed by atoms with Crippen LogP contribution in [0.5, 0.6) is 0 Å². The van der Waals surface area contributed by atoms with Gasteiger partial charge in [-0.2, -0.15) is 0 Å². The van der Waals surface area contributed by atoms with Crippen molar-refractivity contribution in [2.24, 2.45) is 0 Å². The maximum Gasteiger partial charge on any atom is 0.308 e. The molecule has 1 atom stereocenters.